The van der Waals surface area contributed by atoms with E-state index in [2.05, 4.69) is 31.9 Å². The lowest BCUT2D eigenvalue weighted by Crippen LogP contribution is -2.34. The highest BCUT2D eigenvalue weighted by Gasteiger charge is 2.27. The van der Waals surface area contributed by atoms with Crippen LogP contribution in [-0.4, -0.2) is 25.0 Å². The first-order chi connectivity index (χ1) is 6.15. The van der Waals surface area contributed by atoms with Crippen LogP contribution in [0.2, 0.25) is 0 Å². The molecule has 1 unspecified atom stereocenters. The van der Waals surface area contributed by atoms with Crippen molar-refractivity contribution in [1.29, 1.82) is 5.26 Å². The summed E-state index contributed by atoms with van der Waals surface area (Å²) in [7, 11) is 2.16. The van der Waals surface area contributed by atoms with Crippen LogP contribution in [-0.2, 0) is 0 Å². The minimum absolute atomic E-state index is 0.272. The number of hydrogen-bond donors (Lipinski definition) is 0. The van der Waals surface area contributed by atoms with E-state index in [9.17, 15) is 0 Å². The third-order valence-electron chi connectivity index (χ3n) is 3.14. The van der Waals surface area contributed by atoms with Crippen LogP contribution in [0.3, 0.4) is 0 Å². The molecule has 2 heteroatoms. The maximum atomic E-state index is 9.05. The molecule has 0 radical (unpaired) electrons. The van der Waals surface area contributed by atoms with Gasteiger partial charge in [0.25, 0.3) is 0 Å². The van der Waals surface area contributed by atoms with Crippen molar-refractivity contribution in [2.24, 2.45) is 17.8 Å². The lowest BCUT2D eigenvalue weighted by atomic mass is 9.79. The Morgan fingerprint density at radius 1 is 1.31 bits per heavy atom. The molecule has 1 rings (SSSR count). The van der Waals surface area contributed by atoms with E-state index in [1.165, 1.54) is 12.8 Å². The number of nitrogens with zero attached hydrogens (tertiary/aromatic N) is 2. The van der Waals surface area contributed by atoms with Gasteiger partial charge in [-0.2, -0.15) is 5.26 Å². The molecule has 0 aliphatic carbocycles. The van der Waals surface area contributed by atoms with E-state index in [-0.39, 0.29) is 5.92 Å². The molecule has 0 amide bonds. The highest BCUT2D eigenvalue weighted by atomic mass is 15.1. The molecule has 0 N–H and O–H groups in total. The summed E-state index contributed by atoms with van der Waals surface area (Å²) >= 11 is 0. The van der Waals surface area contributed by atoms with Crippen molar-refractivity contribution in [2.45, 2.75) is 26.7 Å². The third-order valence-corrected chi connectivity index (χ3v) is 3.14. The maximum Gasteiger partial charge on any atom is 0.0661 e. The van der Waals surface area contributed by atoms with Crippen molar-refractivity contribution in [3.63, 3.8) is 0 Å². The fourth-order valence-corrected chi connectivity index (χ4v) is 2.19. The normalized spacial score (nSPS) is 23.0. The minimum Gasteiger partial charge on any atom is -0.306 e. The summed E-state index contributed by atoms with van der Waals surface area (Å²) in [6.45, 7) is 6.64. The van der Waals surface area contributed by atoms with Crippen LogP contribution in [0.4, 0.5) is 0 Å². The zero-order valence-electron chi connectivity index (χ0n) is 8.95. The Kier molecular flexibility index (Phi) is 3.74. The minimum atomic E-state index is 0.272. The molecule has 1 fully saturated rings. The monoisotopic (exact) mass is 180 g/mol. The average Bonchev–Trinajstić information content (AvgIpc) is 2.09. The van der Waals surface area contributed by atoms with Gasteiger partial charge >= 0.3 is 0 Å². The van der Waals surface area contributed by atoms with Gasteiger partial charge in [-0.25, -0.2) is 0 Å². The molecule has 1 heterocycles. The van der Waals surface area contributed by atoms with Crippen molar-refractivity contribution in [3.05, 3.63) is 0 Å². The van der Waals surface area contributed by atoms with Gasteiger partial charge in [0.1, 0.15) is 0 Å². The molecule has 0 aromatic heterocycles. The molecular formula is C11H20N2. The van der Waals surface area contributed by atoms with E-state index in [1.807, 2.05) is 0 Å². The van der Waals surface area contributed by atoms with E-state index < -0.39 is 0 Å². The SMILES string of the molecule is CC(C)C(C#N)C1CCN(C)CC1. The molecule has 0 saturated carbocycles. The Morgan fingerprint density at radius 2 is 1.85 bits per heavy atom. The van der Waals surface area contributed by atoms with Crippen LogP contribution < -0.4 is 0 Å². The summed E-state index contributed by atoms with van der Waals surface area (Å²) in [5, 5.41) is 9.05. The second kappa shape index (κ2) is 4.62. The quantitative estimate of drug-likeness (QED) is 0.651. The van der Waals surface area contributed by atoms with Crippen LogP contribution >= 0.6 is 0 Å². The number of hydrogen-bond acceptors (Lipinski definition) is 2. The smallest absolute Gasteiger partial charge is 0.0661 e. The molecule has 1 saturated heterocycles. The molecule has 0 aromatic carbocycles. The van der Waals surface area contributed by atoms with Crippen LogP contribution in [0.1, 0.15) is 26.7 Å². The first kappa shape index (κ1) is 10.5. The van der Waals surface area contributed by atoms with E-state index in [0.29, 0.717) is 11.8 Å². The topological polar surface area (TPSA) is 27.0 Å². The predicted molar refractivity (Wildman–Crippen MR) is 54.2 cm³/mol. The van der Waals surface area contributed by atoms with Gasteiger partial charge in [-0.15, -0.1) is 0 Å². The molecule has 1 atom stereocenters. The van der Waals surface area contributed by atoms with Gasteiger partial charge < -0.3 is 4.90 Å². The largest absolute Gasteiger partial charge is 0.306 e. The van der Waals surface area contributed by atoms with Crippen molar-refractivity contribution < 1.29 is 0 Å². The second-order valence-electron chi connectivity index (χ2n) is 4.54. The summed E-state index contributed by atoms with van der Waals surface area (Å²) in [6.07, 6.45) is 2.40. The van der Waals surface area contributed by atoms with Gasteiger partial charge in [0.15, 0.2) is 0 Å². The number of rotatable bonds is 2. The number of nitriles is 1. The summed E-state index contributed by atoms with van der Waals surface area (Å²) in [6, 6.07) is 2.47. The van der Waals surface area contributed by atoms with Crippen molar-refractivity contribution in [2.75, 3.05) is 20.1 Å². The molecule has 13 heavy (non-hydrogen) atoms. The summed E-state index contributed by atoms with van der Waals surface area (Å²) in [4.78, 5) is 2.35. The Hall–Kier alpha value is -0.550. The van der Waals surface area contributed by atoms with Crippen LogP contribution in [0, 0.1) is 29.1 Å². The van der Waals surface area contributed by atoms with E-state index in [1.54, 1.807) is 0 Å². The molecule has 1 aliphatic heterocycles. The van der Waals surface area contributed by atoms with E-state index >= 15 is 0 Å². The van der Waals surface area contributed by atoms with Crippen LogP contribution in [0.15, 0.2) is 0 Å². The fraction of sp³-hybridized carbons (Fsp3) is 0.909. The lowest BCUT2D eigenvalue weighted by Gasteiger charge is -2.32. The Balaban J connectivity index is 2.47. The van der Waals surface area contributed by atoms with Crippen molar-refractivity contribution >= 4 is 0 Å². The Bertz CT molecular complexity index is 185. The maximum absolute atomic E-state index is 9.05. The van der Waals surface area contributed by atoms with Crippen molar-refractivity contribution in [3.8, 4) is 6.07 Å². The highest BCUT2D eigenvalue weighted by molar-refractivity contribution is 4.91. The Labute approximate surface area is 81.5 Å². The molecule has 0 aromatic rings. The predicted octanol–water partition coefficient (Wildman–Crippen LogP) is 2.12. The first-order valence-corrected chi connectivity index (χ1v) is 5.23. The van der Waals surface area contributed by atoms with Gasteiger partial charge in [-0.1, -0.05) is 13.8 Å². The summed E-state index contributed by atoms with van der Waals surface area (Å²) in [5.41, 5.74) is 0. The number of likely N-dealkylation sites (tertiary alicyclic amines) is 1. The molecular weight excluding hydrogens is 160 g/mol. The van der Waals surface area contributed by atoms with Gasteiger partial charge in [-0.05, 0) is 44.8 Å². The van der Waals surface area contributed by atoms with E-state index in [0.717, 1.165) is 13.1 Å². The molecule has 74 valence electrons. The fourth-order valence-electron chi connectivity index (χ4n) is 2.19. The Morgan fingerprint density at radius 3 is 2.23 bits per heavy atom. The average molecular weight is 180 g/mol. The van der Waals surface area contributed by atoms with Crippen LogP contribution in [0.5, 0.6) is 0 Å². The summed E-state index contributed by atoms with van der Waals surface area (Å²) in [5.74, 6) is 1.42. The zero-order valence-corrected chi connectivity index (χ0v) is 8.95. The highest BCUT2D eigenvalue weighted by Crippen LogP contribution is 2.28. The third kappa shape index (κ3) is 2.70. The molecule has 1 aliphatic rings. The van der Waals surface area contributed by atoms with Gasteiger partial charge in [-0.3, -0.25) is 0 Å². The number of piperidine rings is 1. The van der Waals surface area contributed by atoms with Gasteiger partial charge in [0, 0.05) is 0 Å². The second-order valence-corrected chi connectivity index (χ2v) is 4.54. The summed E-state index contributed by atoms with van der Waals surface area (Å²) < 4.78 is 0. The first-order valence-electron chi connectivity index (χ1n) is 5.23. The van der Waals surface area contributed by atoms with Gasteiger partial charge in [0.05, 0.1) is 12.0 Å². The zero-order chi connectivity index (χ0) is 9.84. The van der Waals surface area contributed by atoms with E-state index in [4.69, 9.17) is 5.26 Å². The lowest BCUT2D eigenvalue weighted by molar-refractivity contribution is 0.171. The molecule has 2 nitrogen and oxygen atoms in total. The van der Waals surface area contributed by atoms with Crippen molar-refractivity contribution in [1.82, 2.24) is 4.90 Å². The standard InChI is InChI=1S/C11H20N2/c1-9(2)11(8-12)10-4-6-13(3)7-5-10/h9-11H,4-7H2,1-3H3. The molecule has 0 spiro atoms. The van der Waals surface area contributed by atoms with Gasteiger partial charge in [0.2, 0.25) is 0 Å². The molecule has 0 bridgehead atoms. The van der Waals surface area contributed by atoms with Crippen LogP contribution in [0.25, 0.3) is 0 Å².